The molecule has 1 aromatic heterocycles. The molecule has 2 aromatic rings. The third-order valence-corrected chi connectivity index (χ3v) is 4.27. The van der Waals surface area contributed by atoms with Crippen molar-refractivity contribution < 1.29 is 14.1 Å². The average Bonchev–Trinajstić information content (AvgIpc) is 3.25. The molecular formula is C17H20ClN3O3. The maximum absolute atomic E-state index is 12.0. The van der Waals surface area contributed by atoms with E-state index in [1.165, 1.54) is 0 Å². The molecule has 128 valence electrons. The zero-order valence-electron chi connectivity index (χ0n) is 13.5. The Kier molecular flexibility index (Phi) is 5.48. The smallest absolute Gasteiger partial charge is 0.257 e. The van der Waals surface area contributed by atoms with Crippen molar-refractivity contribution in [3.63, 3.8) is 0 Å². The molecule has 7 heteroatoms. The predicted molar refractivity (Wildman–Crippen MR) is 89.5 cm³/mol. The topological polar surface area (TPSA) is 77.2 Å². The Labute approximate surface area is 145 Å². The summed E-state index contributed by atoms with van der Waals surface area (Å²) in [6.45, 7) is 2.64. The van der Waals surface area contributed by atoms with Crippen molar-refractivity contribution in [1.82, 2.24) is 15.5 Å². The van der Waals surface area contributed by atoms with Gasteiger partial charge in [-0.3, -0.25) is 4.79 Å². The molecule has 24 heavy (non-hydrogen) atoms. The number of carbonyl (C=O) groups excluding carboxylic acids is 1. The first-order valence-electron chi connectivity index (χ1n) is 8.12. The normalized spacial score (nSPS) is 18.5. The first-order valence-corrected chi connectivity index (χ1v) is 8.50. The number of carbonyl (C=O) groups is 1. The largest absolute Gasteiger partial charge is 0.378 e. The Morgan fingerprint density at radius 2 is 2.21 bits per heavy atom. The van der Waals surface area contributed by atoms with Crippen molar-refractivity contribution >= 4 is 17.5 Å². The van der Waals surface area contributed by atoms with E-state index >= 15 is 0 Å². The lowest BCUT2D eigenvalue weighted by Gasteiger charge is -2.12. The highest BCUT2D eigenvalue weighted by Crippen LogP contribution is 2.21. The lowest BCUT2D eigenvalue weighted by Crippen LogP contribution is -2.28. The Balaban J connectivity index is 1.54. The van der Waals surface area contributed by atoms with Crippen molar-refractivity contribution in [2.45, 2.75) is 44.8 Å². The molecule has 1 fully saturated rings. The van der Waals surface area contributed by atoms with Crippen LogP contribution in [0.1, 0.15) is 44.5 Å². The van der Waals surface area contributed by atoms with E-state index in [1.807, 2.05) is 19.1 Å². The summed E-state index contributed by atoms with van der Waals surface area (Å²) in [5.41, 5.74) is 0.787. The number of benzene rings is 1. The number of hydrogen-bond acceptors (Lipinski definition) is 5. The number of ether oxygens (including phenoxy) is 1. The highest BCUT2D eigenvalue weighted by molar-refractivity contribution is 6.30. The molecule has 1 saturated heterocycles. The van der Waals surface area contributed by atoms with Gasteiger partial charge in [-0.1, -0.05) is 16.8 Å². The van der Waals surface area contributed by atoms with Crippen LogP contribution in [0.2, 0.25) is 5.02 Å². The van der Waals surface area contributed by atoms with Gasteiger partial charge in [-0.15, -0.1) is 0 Å². The summed E-state index contributed by atoms with van der Waals surface area (Å²) in [5.74, 6) is 0.823. The molecule has 0 saturated carbocycles. The highest BCUT2D eigenvalue weighted by atomic mass is 35.5. The van der Waals surface area contributed by atoms with Gasteiger partial charge in [0, 0.05) is 23.6 Å². The van der Waals surface area contributed by atoms with Crippen LogP contribution in [0.3, 0.4) is 0 Å². The molecule has 1 aromatic carbocycles. The number of hydrogen-bond donors (Lipinski definition) is 1. The molecule has 2 heterocycles. The van der Waals surface area contributed by atoms with Crippen LogP contribution < -0.4 is 5.32 Å². The second kappa shape index (κ2) is 7.77. The zero-order chi connectivity index (χ0) is 16.9. The van der Waals surface area contributed by atoms with Gasteiger partial charge in [0.25, 0.3) is 5.89 Å². The molecule has 2 atom stereocenters. The number of aromatic nitrogens is 2. The highest BCUT2D eigenvalue weighted by Gasteiger charge is 2.19. The van der Waals surface area contributed by atoms with E-state index in [2.05, 4.69) is 15.5 Å². The molecule has 6 nitrogen and oxygen atoms in total. The van der Waals surface area contributed by atoms with Crippen LogP contribution in [0.4, 0.5) is 0 Å². The summed E-state index contributed by atoms with van der Waals surface area (Å²) >= 11 is 5.87. The SMILES string of the molecule is C[C@@H](NC(=O)CC[C@H]1CCCO1)c1noc(-c2ccc(Cl)cc2)n1. The molecule has 0 radical (unpaired) electrons. The third-order valence-electron chi connectivity index (χ3n) is 4.02. The summed E-state index contributed by atoms with van der Waals surface area (Å²) in [4.78, 5) is 16.4. The lowest BCUT2D eigenvalue weighted by atomic mass is 10.1. The molecule has 1 amide bonds. The van der Waals surface area contributed by atoms with Crippen molar-refractivity contribution in [1.29, 1.82) is 0 Å². The maximum atomic E-state index is 12.0. The molecule has 0 unspecified atom stereocenters. The van der Waals surface area contributed by atoms with Crippen LogP contribution in [-0.4, -0.2) is 28.8 Å². The van der Waals surface area contributed by atoms with E-state index in [0.29, 0.717) is 23.2 Å². The van der Waals surface area contributed by atoms with E-state index in [0.717, 1.165) is 31.4 Å². The summed E-state index contributed by atoms with van der Waals surface area (Å²) in [6, 6.07) is 6.83. The first kappa shape index (κ1) is 16.9. The molecule has 1 aliphatic rings. The molecule has 0 bridgehead atoms. The van der Waals surface area contributed by atoms with Crippen LogP contribution in [-0.2, 0) is 9.53 Å². The number of halogens is 1. The number of nitrogens with zero attached hydrogens (tertiary/aromatic N) is 2. The van der Waals surface area contributed by atoms with E-state index in [-0.39, 0.29) is 18.1 Å². The zero-order valence-corrected chi connectivity index (χ0v) is 14.3. The molecule has 0 spiro atoms. The van der Waals surface area contributed by atoms with Crippen LogP contribution in [0, 0.1) is 0 Å². The van der Waals surface area contributed by atoms with Gasteiger partial charge >= 0.3 is 0 Å². The quantitative estimate of drug-likeness (QED) is 0.863. The Bertz CT molecular complexity index is 681. The van der Waals surface area contributed by atoms with Crippen LogP contribution in [0.25, 0.3) is 11.5 Å². The lowest BCUT2D eigenvalue weighted by molar-refractivity contribution is -0.122. The summed E-state index contributed by atoms with van der Waals surface area (Å²) < 4.78 is 10.8. The Morgan fingerprint density at radius 3 is 2.92 bits per heavy atom. The van der Waals surface area contributed by atoms with E-state index in [1.54, 1.807) is 12.1 Å². The average molecular weight is 350 g/mol. The standard InChI is InChI=1S/C17H20ClN3O3/c1-11(19-15(22)9-8-14-3-2-10-23-14)16-20-17(24-21-16)12-4-6-13(18)7-5-12/h4-7,11,14H,2-3,8-10H2,1H3,(H,19,22)/t11-,14-/m1/s1. The van der Waals surface area contributed by atoms with Crippen LogP contribution >= 0.6 is 11.6 Å². The minimum Gasteiger partial charge on any atom is -0.378 e. The number of nitrogens with one attached hydrogen (secondary N) is 1. The first-order chi connectivity index (χ1) is 11.6. The fourth-order valence-corrected chi connectivity index (χ4v) is 2.79. The van der Waals surface area contributed by atoms with Crippen molar-refractivity contribution in [3.05, 3.63) is 35.1 Å². The van der Waals surface area contributed by atoms with E-state index in [9.17, 15) is 4.79 Å². The maximum Gasteiger partial charge on any atom is 0.257 e. The molecule has 1 N–H and O–H groups in total. The van der Waals surface area contributed by atoms with Gasteiger partial charge in [0.05, 0.1) is 12.1 Å². The van der Waals surface area contributed by atoms with Gasteiger partial charge in [0.2, 0.25) is 5.91 Å². The fourth-order valence-electron chi connectivity index (χ4n) is 2.66. The Morgan fingerprint density at radius 1 is 1.42 bits per heavy atom. The van der Waals surface area contributed by atoms with Crippen molar-refractivity contribution in [2.75, 3.05) is 6.61 Å². The predicted octanol–water partition coefficient (Wildman–Crippen LogP) is 3.53. The molecule has 1 aliphatic heterocycles. The minimum atomic E-state index is -0.313. The van der Waals surface area contributed by atoms with Crippen LogP contribution in [0.5, 0.6) is 0 Å². The Hall–Kier alpha value is -1.92. The summed E-state index contributed by atoms with van der Waals surface area (Å²) in [6.07, 6.45) is 3.53. The van der Waals surface area contributed by atoms with Gasteiger partial charge < -0.3 is 14.6 Å². The van der Waals surface area contributed by atoms with E-state index in [4.69, 9.17) is 20.9 Å². The van der Waals surface area contributed by atoms with Gasteiger partial charge in [0.1, 0.15) is 0 Å². The van der Waals surface area contributed by atoms with Gasteiger partial charge in [-0.05, 0) is 50.5 Å². The summed E-state index contributed by atoms with van der Waals surface area (Å²) in [5, 5.41) is 7.48. The van der Waals surface area contributed by atoms with Crippen molar-refractivity contribution in [2.24, 2.45) is 0 Å². The second-order valence-electron chi connectivity index (χ2n) is 5.93. The minimum absolute atomic E-state index is 0.0316. The molecule has 0 aliphatic carbocycles. The second-order valence-corrected chi connectivity index (χ2v) is 6.36. The van der Waals surface area contributed by atoms with Gasteiger partial charge in [-0.25, -0.2) is 0 Å². The summed E-state index contributed by atoms with van der Waals surface area (Å²) in [7, 11) is 0. The number of amides is 1. The molecule has 3 rings (SSSR count). The van der Waals surface area contributed by atoms with Crippen LogP contribution in [0.15, 0.2) is 28.8 Å². The molecular weight excluding hydrogens is 330 g/mol. The number of rotatable bonds is 6. The van der Waals surface area contributed by atoms with Crippen molar-refractivity contribution in [3.8, 4) is 11.5 Å². The van der Waals surface area contributed by atoms with Gasteiger partial charge in [-0.2, -0.15) is 4.98 Å². The fraction of sp³-hybridized carbons (Fsp3) is 0.471. The van der Waals surface area contributed by atoms with E-state index < -0.39 is 0 Å². The van der Waals surface area contributed by atoms with Gasteiger partial charge in [0.15, 0.2) is 5.82 Å². The monoisotopic (exact) mass is 349 g/mol. The third kappa shape index (κ3) is 4.33.